The molecule has 0 bridgehead atoms. The molecule has 1 aromatic carbocycles. The van der Waals surface area contributed by atoms with E-state index in [1.54, 1.807) is 6.92 Å². The van der Waals surface area contributed by atoms with Crippen LogP contribution in [-0.2, 0) is 0 Å². The summed E-state index contributed by atoms with van der Waals surface area (Å²) in [7, 11) is 0. The van der Waals surface area contributed by atoms with E-state index in [1.165, 1.54) is 6.07 Å². The predicted octanol–water partition coefficient (Wildman–Crippen LogP) is 1.98. The molecule has 4 heteroatoms. The lowest BCUT2D eigenvalue weighted by Crippen LogP contribution is -2.25. The van der Waals surface area contributed by atoms with Gasteiger partial charge in [-0.05, 0) is 25.0 Å². The van der Waals surface area contributed by atoms with Crippen molar-refractivity contribution in [1.29, 1.82) is 0 Å². The first-order valence-electron chi connectivity index (χ1n) is 4.83. The molecule has 1 amide bonds. The topological polar surface area (TPSA) is 49.3 Å². The number of phenols is 1. The Hall–Kier alpha value is -1.58. The molecule has 0 heterocycles. The molecule has 0 fully saturated rings. The number of hydrogen-bond donors (Lipinski definition) is 2. The number of phenolic OH excluding ortho intramolecular Hbond substituents is 1. The number of aryl methyl sites for hydroxylation is 1. The Morgan fingerprint density at radius 3 is 2.73 bits per heavy atom. The molecule has 0 spiro atoms. The monoisotopic (exact) mass is 211 g/mol. The van der Waals surface area contributed by atoms with E-state index >= 15 is 0 Å². The van der Waals surface area contributed by atoms with Gasteiger partial charge < -0.3 is 10.4 Å². The number of nitrogens with one attached hydrogen (secondary N) is 1. The minimum atomic E-state index is -0.693. The van der Waals surface area contributed by atoms with Crippen LogP contribution in [0.3, 0.4) is 0 Å². The molecule has 0 aliphatic heterocycles. The fourth-order valence-electron chi connectivity index (χ4n) is 1.34. The highest BCUT2D eigenvalue weighted by Gasteiger charge is 2.15. The molecule has 15 heavy (non-hydrogen) atoms. The Labute approximate surface area is 87.9 Å². The van der Waals surface area contributed by atoms with Gasteiger partial charge in [0.1, 0.15) is 11.6 Å². The van der Waals surface area contributed by atoms with Gasteiger partial charge in [0, 0.05) is 12.6 Å². The molecule has 0 aliphatic carbocycles. The second-order valence-corrected chi connectivity index (χ2v) is 3.38. The summed E-state index contributed by atoms with van der Waals surface area (Å²) in [4.78, 5) is 11.5. The Kier molecular flexibility index (Phi) is 3.66. The van der Waals surface area contributed by atoms with Crippen molar-refractivity contribution in [3.63, 3.8) is 0 Å². The third-order valence-corrected chi connectivity index (χ3v) is 2.03. The fourth-order valence-corrected chi connectivity index (χ4v) is 1.34. The Balaban J connectivity index is 2.98. The molecule has 1 aromatic rings. The second kappa shape index (κ2) is 4.77. The lowest BCUT2D eigenvalue weighted by Gasteiger charge is -2.08. The van der Waals surface area contributed by atoms with E-state index in [1.807, 2.05) is 6.92 Å². The van der Waals surface area contributed by atoms with Crippen LogP contribution in [0.25, 0.3) is 0 Å². The zero-order chi connectivity index (χ0) is 11.4. The summed E-state index contributed by atoms with van der Waals surface area (Å²) in [6.45, 7) is 4.02. The van der Waals surface area contributed by atoms with Gasteiger partial charge in [-0.3, -0.25) is 4.79 Å². The van der Waals surface area contributed by atoms with Crippen LogP contribution in [0.2, 0.25) is 0 Å². The summed E-state index contributed by atoms with van der Waals surface area (Å²) in [5, 5.41) is 11.7. The first-order chi connectivity index (χ1) is 7.06. The van der Waals surface area contributed by atoms with E-state index in [9.17, 15) is 9.18 Å². The Morgan fingerprint density at radius 2 is 2.20 bits per heavy atom. The molecule has 82 valence electrons. The lowest BCUT2D eigenvalue weighted by molar-refractivity contribution is 0.0949. The first-order valence-corrected chi connectivity index (χ1v) is 4.83. The largest absolute Gasteiger partial charge is 0.508 e. The zero-order valence-electron chi connectivity index (χ0n) is 8.80. The molecule has 1 rings (SSSR count). The molecule has 0 atom stereocenters. The summed E-state index contributed by atoms with van der Waals surface area (Å²) in [6.07, 6.45) is 0.796. The van der Waals surface area contributed by atoms with E-state index in [2.05, 4.69) is 5.32 Å². The fraction of sp³-hybridized carbons (Fsp3) is 0.364. The summed E-state index contributed by atoms with van der Waals surface area (Å²) in [6, 6.07) is 2.30. The van der Waals surface area contributed by atoms with Crippen LogP contribution in [-0.4, -0.2) is 17.6 Å². The maximum Gasteiger partial charge on any atom is 0.254 e. The molecule has 0 aromatic heterocycles. The number of aromatic hydroxyl groups is 1. The molecule has 0 aliphatic rings. The van der Waals surface area contributed by atoms with Gasteiger partial charge in [-0.25, -0.2) is 4.39 Å². The molecule has 0 saturated heterocycles. The molecule has 0 unspecified atom stereocenters. The molecular weight excluding hydrogens is 197 g/mol. The third kappa shape index (κ3) is 2.68. The zero-order valence-corrected chi connectivity index (χ0v) is 8.80. The Morgan fingerprint density at radius 1 is 1.53 bits per heavy atom. The average Bonchev–Trinajstić information content (AvgIpc) is 2.12. The number of halogens is 1. The van der Waals surface area contributed by atoms with Crippen molar-refractivity contribution in [3.05, 3.63) is 29.1 Å². The normalized spacial score (nSPS) is 10.1. The highest BCUT2D eigenvalue weighted by molar-refractivity contribution is 5.96. The van der Waals surface area contributed by atoms with Crippen molar-refractivity contribution in [2.24, 2.45) is 0 Å². The van der Waals surface area contributed by atoms with Crippen molar-refractivity contribution in [2.75, 3.05) is 6.54 Å². The average molecular weight is 211 g/mol. The van der Waals surface area contributed by atoms with E-state index < -0.39 is 11.7 Å². The summed E-state index contributed by atoms with van der Waals surface area (Å²) >= 11 is 0. The van der Waals surface area contributed by atoms with Crippen molar-refractivity contribution >= 4 is 5.91 Å². The molecule has 0 saturated carbocycles. The van der Waals surface area contributed by atoms with Gasteiger partial charge in [-0.15, -0.1) is 0 Å². The van der Waals surface area contributed by atoms with Crippen molar-refractivity contribution in [2.45, 2.75) is 20.3 Å². The van der Waals surface area contributed by atoms with Crippen LogP contribution < -0.4 is 5.32 Å². The highest BCUT2D eigenvalue weighted by Crippen LogP contribution is 2.19. The maximum atomic E-state index is 13.4. The number of carbonyl (C=O) groups is 1. The predicted molar refractivity (Wildman–Crippen MR) is 55.4 cm³/mol. The van der Waals surface area contributed by atoms with Crippen molar-refractivity contribution in [1.82, 2.24) is 5.32 Å². The second-order valence-electron chi connectivity index (χ2n) is 3.38. The van der Waals surface area contributed by atoms with Gasteiger partial charge in [0.25, 0.3) is 5.91 Å². The van der Waals surface area contributed by atoms with Crippen LogP contribution in [0.15, 0.2) is 12.1 Å². The molecule has 0 radical (unpaired) electrons. The van der Waals surface area contributed by atoms with Gasteiger partial charge in [-0.2, -0.15) is 0 Å². The van der Waals surface area contributed by atoms with Crippen molar-refractivity contribution < 1.29 is 14.3 Å². The smallest absolute Gasteiger partial charge is 0.254 e. The molecule has 2 N–H and O–H groups in total. The summed E-state index contributed by atoms with van der Waals surface area (Å²) < 4.78 is 13.4. The summed E-state index contributed by atoms with van der Waals surface area (Å²) in [5.41, 5.74) is 0.433. The van der Waals surface area contributed by atoms with E-state index in [-0.39, 0.29) is 11.3 Å². The number of rotatable bonds is 3. The number of amides is 1. The van der Waals surface area contributed by atoms with Gasteiger partial charge in [0.2, 0.25) is 0 Å². The van der Waals surface area contributed by atoms with E-state index in [4.69, 9.17) is 5.11 Å². The maximum absolute atomic E-state index is 13.4. The number of hydrogen-bond acceptors (Lipinski definition) is 2. The number of carbonyl (C=O) groups excluding carboxylic acids is 1. The van der Waals surface area contributed by atoms with E-state index in [0.29, 0.717) is 12.1 Å². The van der Waals surface area contributed by atoms with E-state index in [0.717, 1.165) is 12.5 Å². The Bertz CT molecular complexity index is 354. The third-order valence-electron chi connectivity index (χ3n) is 2.03. The van der Waals surface area contributed by atoms with Gasteiger partial charge >= 0.3 is 0 Å². The SMILES string of the molecule is CCCNC(=O)c1c(C)cc(O)cc1F. The van der Waals surface area contributed by atoms with Crippen LogP contribution in [0, 0.1) is 12.7 Å². The molecular formula is C11H14FNO2. The minimum absolute atomic E-state index is 0.00116. The van der Waals surface area contributed by atoms with Crippen molar-refractivity contribution in [3.8, 4) is 5.75 Å². The van der Waals surface area contributed by atoms with Crippen LogP contribution >= 0.6 is 0 Å². The van der Waals surface area contributed by atoms with Crippen LogP contribution in [0.4, 0.5) is 4.39 Å². The highest BCUT2D eigenvalue weighted by atomic mass is 19.1. The van der Waals surface area contributed by atoms with Gasteiger partial charge in [-0.1, -0.05) is 6.92 Å². The quantitative estimate of drug-likeness (QED) is 0.803. The van der Waals surface area contributed by atoms with Gasteiger partial charge in [0.15, 0.2) is 0 Å². The lowest BCUT2D eigenvalue weighted by atomic mass is 10.1. The van der Waals surface area contributed by atoms with Gasteiger partial charge in [0.05, 0.1) is 5.56 Å². The first kappa shape index (κ1) is 11.5. The van der Waals surface area contributed by atoms with Crippen LogP contribution in [0.1, 0.15) is 29.3 Å². The minimum Gasteiger partial charge on any atom is -0.508 e. The van der Waals surface area contributed by atoms with Crippen LogP contribution in [0.5, 0.6) is 5.75 Å². The number of benzene rings is 1. The molecule has 3 nitrogen and oxygen atoms in total. The standard InChI is InChI=1S/C11H14FNO2/c1-3-4-13-11(15)10-7(2)5-8(14)6-9(10)12/h5-6,14H,3-4H2,1-2H3,(H,13,15). The summed E-state index contributed by atoms with van der Waals surface area (Å²) in [5.74, 6) is -1.30.